The van der Waals surface area contributed by atoms with Crippen molar-refractivity contribution >= 4 is 41.0 Å². The lowest BCUT2D eigenvalue weighted by molar-refractivity contribution is -0.152. The van der Waals surface area contributed by atoms with E-state index in [2.05, 4.69) is 0 Å². The van der Waals surface area contributed by atoms with Crippen molar-refractivity contribution in [1.29, 1.82) is 0 Å². The van der Waals surface area contributed by atoms with Gasteiger partial charge in [-0.05, 0) is 68.3 Å². The van der Waals surface area contributed by atoms with Crippen molar-refractivity contribution in [1.82, 2.24) is 0 Å². The third-order valence-corrected chi connectivity index (χ3v) is 9.88. The Morgan fingerprint density at radius 1 is 0.651 bits per heavy atom. The number of rotatable bonds is 4. The summed E-state index contributed by atoms with van der Waals surface area (Å²) in [5, 5.41) is 0. The average Bonchev–Trinajstić information content (AvgIpc) is 3.39. The minimum atomic E-state index is -1.48. The minimum absolute atomic E-state index is 0.198. The topological polar surface area (TPSA) is 101 Å². The van der Waals surface area contributed by atoms with Crippen LogP contribution in [0.5, 0.6) is 5.75 Å². The molecule has 0 radical (unpaired) electrons. The molecule has 3 aromatic carbocycles. The summed E-state index contributed by atoms with van der Waals surface area (Å²) >= 11 is 0. The smallest absolute Gasteiger partial charge is 0.339 e. The van der Waals surface area contributed by atoms with E-state index in [1.54, 1.807) is 80.6 Å². The molecule has 2 saturated heterocycles. The Morgan fingerprint density at radius 2 is 1.14 bits per heavy atom. The van der Waals surface area contributed by atoms with E-state index in [1.165, 1.54) is 9.80 Å². The van der Waals surface area contributed by atoms with Gasteiger partial charge in [-0.2, -0.15) is 0 Å². The van der Waals surface area contributed by atoms with Crippen LogP contribution in [-0.2, 0) is 24.0 Å². The number of para-hydroxylation sites is 1. The first-order valence-electron chi connectivity index (χ1n) is 14.4. The average molecular weight is 575 g/mol. The first-order valence-corrected chi connectivity index (χ1v) is 14.4. The highest BCUT2D eigenvalue weighted by Gasteiger charge is 2.77. The fraction of sp³-hybridized carbons (Fsp3) is 0.286. The van der Waals surface area contributed by atoms with Crippen LogP contribution in [0.4, 0.5) is 11.4 Å². The monoisotopic (exact) mass is 574 g/mol. The van der Waals surface area contributed by atoms with Gasteiger partial charge in [-0.25, -0.2) is 14.6 Å². The fourth-order valence-corrected chi connectivity index (χ4v) is 8.30. The second kappa shape index (κ2) is 9.33. The van der Waals surface area contributed by atoms with E-state index < -0.39 is 64.6 Å². The van der Waals surface area contributed by atoms with Crippen molar-refractivity contribution in [2.45, 2.75) is 27.7 Å². The Kier molecular flexibility index (Phi) is 5.86. The summed E-state index contributed by atoms with van der Waals surface area (Å²) in [6.07, 6.45) is 0. The normalized spacial score (nSPS) is 29.3. The van der Waals surface area contributed by atoms with Crippen LogP contribution in [0.3, 0.4) is 0 Å². The molecule has 4 amide bonds. The number of anilines is 2. The second-order valence-electron chi connectivity index (χ2n) is 12.3. The molecule has 8 nitrogen and oxygen atoms in total. The molecule has 8 heteroatoms. The number of hydrogen-bond acceptors (Lipinski definition) is 6. The number of imide groups is 2. The van der Waals surface area contributed by atoms with E-state index in [4.69, 9.17) is 4.74 Å². The molecule has 5 aliphatic rings. The SMILES string of the molecule is CC1=C(C(=O)Oc2ccccc2)C2(C)[C@@H]3C(=O)N(c4cccc(C)c4)C(=O)[C@H]3C1[C@@H]1C(=O)N(c3cccc(C)c3)C(=O)[C@H]12. The van der Waals surface area contributed by atoms with E-state index in [0.29, 0.717) is 22.7 Å². The number of ether oxygens (including phenoxy) is 1. The summed E-state index contributed by atoms with van der Waals surface area (Å²) in [4.78, 5) is 73.6. The largest absolute Gasteiger partial charge is 0.423 e. The maximum Gasteiger partial charge on any atom is 0.339 e. The maximum absolute atomic E-state index is 14.4. The number of esters is 1. The van der Waals surface area contributed by atoms with E-state index in [1.807, 2.05) is 26.0 Å². The van der Waals surface area contributed by atoms with E-state index >= 15 is 0 Å². The Morgan fingerprint density at radius 3 is 1.60 bits per heavy atom. The lowest BCUT2D eigenvalue weighted by Crippen LogP contribution is -2.61. The summed E-state index contributed by atoms with van der Waals surface area (Å²) in [6, 6.07) is 22.8. The number of benzene rings is 3. The summed E-state index contributed by atoms with van der Waals surface area (Å²) < 4.78 is 5.80. The molecule has 3 aromatic rings. The van der Waals surface area contributed by atoms with Gasteiger partial charge in [-0.1, -0.05) is 55.0 Å². The van der Waals surface area contributed by atoms with E-state index in [-0.39, 0.29) is 5.57 Å². The molecular weight excluding hydrogens is 544 g/mol. The third-order valence-electron chi connectivity index (χ3n) is 9.88. The van der Waals surface area contributed by atoms with Crippen LogP contribution in [0.2, 0.25) is 0 Å². The zero-order chi connectivity index (χ0) is 30.4. The number of hydrogen-bond donors (Lipinski definition) is 0. The number of allylic oxidation sites excluding steroid dienone is 1. The zero-order valence-corrected chi connectivity index (χ0v) is 24.2. The van der Waals surface area contributed by atoms with Crippen LogP contribution in [0.25, 0.3) is 0 Å². The van der Waals surface area contributed by atoms with Crippen LogP contribution in [-0.4, -0.2) is 29.6 Å². The number of aryl methyl sites for hydroxylation is 2. The first kappa shape index (κ1) is 27.0. The number of carbonyl (C=O) groups is 5. The third kappa shape index (κ3) is 3.59. The van der Waals surface area contributed by atoms with Crippen LogP contribution in [0.15, 0.2) is 90.0 Å². The summed E-state index contributed by atoms with van der Waals surface area (Å²) in [5.74, 6) is -6.83. The highest BCUT2D eigenvalue weighted by Crippen LogP contribution is 2.68. The van der Waals surface area contributed by atoms with Crippen molar-refractivity contribution in [2.24, 2.45) is 35.0 Å². The molecule has 1 saturated carbocycles. The molecule has 2 aliphatic heterocycles. The first-order chi connectivity index (χ1) is 20.6. The molecule has 4 atom stereocenters. The van der Waals surface area contributed by atoms with Gasteiger partial charge in [0.05, 0.1) is 35.0 Å². The Balaban J connectivity index is 1.41. The summed E-state index contributed by atoms with van der Waals surface area (Å²) in [5.41, 5.74) is 1.86. The number of amides is 4. The predicted molar refractivity (Wildman–Crippen MR) is 158 cm³/mol. The van der Waals surface area contributed by atoms with Gasteiger partial charge in [0.15, 0.2) is 0 Å². The van der Waals surface area contributed by atoms with Crippen molar-refractivity contribution in [2.75, 3.05) is 9.80 Å². The lowest BCUT2D eigenvalue weighted by Gasteiger charge is -2.55. The molecule has 8 rings (SSSR count). The van der Waals surface area contributed by atoms with Gasteiger partial charge < -0.3 is 4.74 Å². The van der Waals surface area contributed by atoms with Gasteiger partial charge in [0, 0.05) is 16.9 Å². The molecule has 3 fully saturated rings. The predicted octanol–water partition coefficient (Wildman–Crippen LogP) is 4.79. The second-order valence-corrected chi connectivity index (χ2v) is 12.3. The lowest BCUT2D eigenvalue weighted by atomic mass is 9.43. The molecule has 2 heterocycles. The molecular formula is C35H30N2O6. The Labute approximate surface area is 248 Å². The molecule has 0 N–H and O–H groups in total. The van der Waals surface area contributed by atoms with Gasteiger partial charge in [0.2, 0.25) is 23.6 Å². The quantitative estimate of drug-likeness (QED) is 0.252. The van der Waals surface area contributed by atoms with Crippen LogP contribution < -0.4 is 14.5 Å². The van der Waals surface area contributed by atoms with Crippen LogP contribution >= 0.6 is 0 Å². The van der Waals surface area contributed by atoms with Crippen molar-refractivity contribution in [3.05, 3.63) is 101 Å². The molecule has 0 unspecified atom stereocenters. The summed E-state index contributed by atoms with van der Waals surface area (Å²) in [7, 11) is 0. The van der Waals surface area contributed by atoms with Gasteiger partial charge >= 0.3 is 5.97 Å². The van der Waals surface area contributed by atoms with Gasteiger partial charge in [-0.3, -0.25) is 19.2 Å². The Hall–Kier alpha value is -4.85. The molecule has 43 heavy (non-hydrogen) atoms. The Bertz CT molecular complexity index is 1700. The van der Waals surface area contributed by atoms with Crippen molar-refractivity contribution < 1.29 is 28.7 Å². The van der Waals surface area contributed by atoms with Crippen LogP contribution in [0, 0.1) is 48.9 Å². The molecule has 2 bridgehead atoms. The molecule has 0 aromatic heterocycles. The van der Waals surface area contributed by atoms with E-state index in [0.717, 1.165) is 11.1 Å². The summed E-state index contributed by atoms with van der Waals surface area (Å²) in [6.45, 7) is 7.17. The highest BCUT2D eigenvalue weighted by atomic mass is 16.5. The van der Waals surface area contributed by atoms with Gasteiger partial charge in [0.25, 0.3) is 0 Å². The maximum atomic E-state index is 14.4. The number of nitrogens with zero attached hydrogens (tertiary/aromatic N) is 2. The number of carbonyl (C=O) groups excluding carboxylic acids is 5. The van der Waals surface area contributed by atoms with Crippen molar-refractivity contribution in [3.63, 3.8) is 0 Å². The molecule has 216 valence electrons. The zero-order valence-electron chi connectivity index (χ0n) is 24.2. The standard InChI is InChI=1S/C35H30N2O6/c1-18-10-8-12-21(16-18)36-30(38)25-24-20(3)27(34(42)43-23-14-6-5-7-15-23)35(4,28(25)32(36)40)29-26(24)31(39)37(33(29)41)22-13-9-11-19(2)17-22/h5-17,24-26,28-29H,1-4H3/t24?,25-,26-,28-,29-,35?/m0/s1. The van der Waals surface area contributed by atoms with Gasteiger partial charge in [0.1, 0.15) is 5.75 Å². The van der Waals surface area contributed by atoms with E-state index in [9.17, 15) is 24.0 Å². The minimum Gasteiger partial charge on any atom is -0.423 e. The highest BCUT2D eigenvalue weighted by molar-refractivity contribution is 6.27. The van der Waals surface area contributed by atoms with Gasteiger partial charge in [-0.15, -0.1) is 0 Å². The van der Waals surface area contributed by atoms with Crippen molar-refractivity contribution in [3.8, 4) is 5.75 Å². The fourth-order valence-electron chi connectivity index (χ4n) is 8.30. The van der Waals surface area contributed by atoms with Crippen LogP contribution in [0.1, 0.15) is 25.0 Å². The molecule has 3 aliphatic carbocycles. The molecule has 0 spiro atoms.